The van der Waals surface area contributed by atoms with E-state index in [0.29, 0.717) is 32.1 Å². The SMILES string of the molecule is Cc1cccc(/C=C/C(=O)N2CCN(C(=O)C3CCCCC3)CC2)c1. The summed E-state index contributed by atoms with van der Waals surface area (Å²) in [6, 6.07) is 8.10. The minimum absolute atomic E-state index is 0.0336. The Bertz CT molecular complexity index is 639. The lowest BCUT2D eigenvalue weighted by Crippen LogP contribution is -2.51. The highest BCUT2D eigenvalue weighted by Crippen LogP contribution is 2.25. The first-order valence-electron chi connectivity index (χ1n) is 9.46. The van der Waals surface area contributed by atoms with E-state index in [4.69, 9.17) is 0 Å². The summed E-state index contributed by atoms with van der Waals surface area (Å²) >= 11 is 0. The van der Waals surface area contributed by atoms with Crippen molar-refractivity contribution in [3.63, 3.8) is 0 Å². The summed E-state index contributed by atoms with van der Waals surface area (Å²) in [6.45, 7) is 4.64. The number of aryl methyl sites for hydroxylation is 1. The molecule has 1 aliphatic carbocycles. The molecule has 0 radical (unpaired) electrons. The molecule has 1 aliphatic heterocycles. The molecule has 4 nitrogen and oxygen atoms in total. The van der Waals surface area contributed by atoms with E-state index < -0.39 is 0 Å². The van der Waals surface area contributed by atoms with Crippen molar-refractivity contribution in [1.82, 2.24) is 9.80 Å². The average molecular weight is 340 g/mol. The largest absolute Gasteiger partial charge is 0.339 e. The van der Waals surface area contributed by atoms with Crippen LogP contribution in [-0.2, 0) is 9.59 Å². The molecule has 4 heteroatoms. The third kappa shape index (κ3) is 4.71. The quantitative estimate of drug-likeness (QED) is 0.793. The number of carbonyl (C=O) groups excluding carboxylic acids is 2. The lowest BCUT2D eigenvalue weighted by Gasteiger charge is -2.36. The topological polar surface area (TPSA) is 40.6 Å². The zero-order valence-electron chi connectivity index (χ0n) is 15.1. The van der Waals surface area contributed by atoms with E-state index in [9.17, 15) is 9.59 Å². The summed E-state index contributed by atoms with van der Waals surface area (Å²) in [5.74, 6) is 0.561. The summed E-state index contributed by atoms with van der Waals surface area (Å²) in [5.41, 5.74) is 2.23. The molecule has 1 saturated heterocycles. The number of benzene rings is 1. The second-order valence-corrected chi connectivity index (χ2v) is 7.23. The van der Waals surface area contributed by atoms with Gasteiger partial charge in [-0.2, -0.15) is 0 Å². The van der Waals surface area contributed by atoms with Crippen LogP contribution < -0.4 is 0 Å². The van der Waals surface area contributed by atoms with E-state index in [1.54, 1.807) is 6.08 Å². The Morgan fingerprint density at radius 3 is 2.36 bits per heavy atom. The third-order valence-corrected chi connectivity index (χ3v) is 5.32. The molecule has 0 aromatic heterocycles. The van der Waals surface area contributed by atoms with E-state index in [1.807, 2.05) is 41.0 Å². The first-order chi connectivity index (χ1) is 12.1. The van der Waals surface area contributed by atoms with Crippen LogP contribution in [0.25, 0.3) is 6.08 Å². The zero-order chi connectivity index (χ0) is 17.6. The molecule has 2 fully saturated rings. The molecule has 1 saturated carbocycles. The van der Waals surface area contributed by atoms with Gasteiger partial charge in [0.15, 0.2) is 0 Å². The number of amides is 2. The standard InChI is InChI=1S/C21H28N2O2/c1-17-6-5-7-18(16-17)10-11-20(24)22-12-14-23(15-13-22)21(25)19-8-3-2-4-9-19/h5-7,10-11,16,19H,2-4,8-9,12-15H2,1H3/b11-10+. The van der Waals surface area contributed by atoms with E-state index in [2.05, 4.69) is 6.07 Å². The molecule has 0 N–H and O–H groups in total. The second-order valence-electron chi connectivity index (χ2n) is 7.23. The Hall–Kier alpha value is -2.10. The molecule has 1 aromatic rings. The molecule has 1 aromatic carbocycles. The molecular formula is C21H28N2O2. The van der Waals surface area contributed by atoms with E-state index in [1.165, 1.54) is 24.8 Å². The maximum absolute atomic E-state index is 12.6. The molecule has 1 heterocycles. The summed E-state index contributed by atoms with van der Waals surface area (Å²) in [6.07, 6.45) is 9.22. The maximum Gasteiger partial charge on any atom is 0.246 e. The van der Waals surface area contributed by atoms with E-state index in [0.717, 1.165) is 18.4 Å². The average Bonchev–Trinajstić information content (AvgIpc) is 2.66. The molecule has 2 aliphatic rings. The fourth-order valence-corrected chi connectivity index (χ4v) is 3.80. The van der Waals surface area contributed by atoms with Gasteiger partial charge in [-0.05, 0) is 31.4 Å². The molecule has 25 heavy (non-hydrogen) atoms. The van der Waals surface area contributed by atoms with Crippen LogP contribution in [0.4, 0.5) is 0 Å². The molecule has 0 unspecified atom stereocenters. The van der Waals surface area contributed by atoms with Crippen LogP contribution in [-0.4, -0.2) is 47.8 Å². The first kappa shape index (κ1) is 17.7. The maximum atomic E-state index is 12.6. The summed E-state index contributed by atoms with van der Waals surface area (Å²) < 4.78 is 0. The summed E-state index contributed by atoms with van der Waals surface area (Å²) in [4.78, 5) is 28.8. The van der Waals surface area contributed by atoms with Crippen molar-refractivity contribution in [3.05, 3.63) is 41.5 Å². The van der Waals surface area contributed by atoms with Gasteiger partial charge in [0.1, 0.15) is 0 Å². The van der Waals surface area contributed by atoms with Gasteiger partial charge >= 0.3 is 0 Å². The molecule has 0 spiro atoms. The number of hydrogen-bond acceptors (Lipinski definition) is 2. The van der Waals surface area contributed by atoms with Gasteiger partial charge in [-0.25, -0.2) is 0 Å². The monoisotopic (exact) mass is 340 g/mol. The second kappa shape index (κ2) is 8.32. The number of nitrogens with zero attached hydrogens (tertiary/aromatic N) is 2. The van der Waals surface area contributed by atoms with Crippen LogP contribution >= 0.6 is 0 Å². The molecule has 3 rings (SSSR count). The number of rotatable bonds is 3. The van der Waals surface area contributed by atoms with Crippen molar-refractivity contribution < 1.29 is 9.59 Å². The fraction of sp³-hybridized carbons (Fsp3) is 0.524. The van der Waals surface area contributed by atoms with E-state index >= 15 is 0 Å². The van der Waals surface area contributed by atoms with Gasteiger partial charge in [-0.3, -0.25) is 9.59 Å². The predicted octanol–water partition coefficient (Wildman–Crippen LogP) is 3.26. The lowest BCUT2D eigenvalue weighted by molar-refractivity contribution is -0.141. The van der Waals surface area contributed by atoms with Gasteiger partial charge in [0.25, 0.3) is 0 Å². The van der Waals surface area contributed by atoms with E-state index in [-0.39, 0.29) is 11.8 Å². The smallest absolute Gasteiger partial charge is 0.246 e. The Labute approximate surface area is 150 Å². The van der Waals surface area contributed by atoms with Crippen molar-refractivity contribution in [2.45, 2.75) is 39.0 Å². The van der Waals surface area contributed by atoms with Crippen LogP contribution in [0, 0.1) is 12.8 Å². The summed E-state index contributed by atoms with van der Waals surface area (Å²) in [5, 5.41) is 0. The third-order valence-electron chi connectivity index (χ3n) is 5.32. The van der Waals surface area contributed by atoms with Crippen LogP contribution in [0.15, 0.2) is 30.3 Å². The first-order valence-corrected chi connectivity index (χ1v) is 9.46. The van der Waals surface area contributed by atoms with Crippen LogP contribution in [0.5, 0.6) is 0 Å². The Kier molecular flexibility index (Phi) is 5.90. The van der Waals surface area contributed by atoms with Gasteiger partial charge in [0.2, 0.25) is 11.8 Å². The van der Waals surface area contributed by atoms with Gasteiger partial charge < -0.3 is 9.80 Å². The lowest BCUT2D eigenvalue weighted by atomic mass is 9.88. The van der Waals surface area contributed by atoms with Crippen molar-refractivity contribution in [2.75, 3.05) is 26.2 Å². The highest BCUT2D eigenvalue weighted by Gasteiger charge is 2.29. The van der Waals surface area contributed by atoms with Crippen LogP contribution in [0.3, 0.4) is 0 Å². The van der Waals surface area contributed by atoms with Crippen molar-refractivity contribution >= 4 is 17.9 Å². The van der Waals surface area contributed by atoms with Crippen LogP contribution in [0.2, 0.25) is 0 Å². The highest BCUT2D eigenvalue weighted by molar-refractivity contribution is 5.92. The molecule has 0 bridgehead atoms. The van der Waals surface area contributed by atoms with Gasteiger partial charge in [0, 0.05) is 38.2 Å². The van der Waals surface area contributed by atoms with Gasteiger partial charge in [-0.15, -0.1) is 0 Å². The fourth-order valence-electron chi connectivity index (χ4n) is 3.80. The molecule has 2 amide bonds. The normalized spacial score (nSPS) is 19.4. The number of piperazine rings is 1. The Morgan fingerprint density at radius 1 is 1.00 bits per heavy atom. The van der Waals surface area contributed by atoms with Gasteiger partial charge in [-0.1, -0.05) is 49.1 Å². The molecular weight excluding hydrogens is 312 g/mol. The van der Waals surface area contributed by atoms with Gasteiger partial charge in [0.05, 0.1) is 0 Å². The zero-order valence-corrected chi connectivity index (χ0v) is 15.1. The van der Waals surface area contributed by atoms with Crippen LogP contribution in [0.1, 0.15) is 43.2 Å². The number of hydrogen-bond donors (Lipinski definition) is 0. The minimum Gasteiger partial charge on any atom is -0.339 e. The van der Waals surface area contributed by atoms with Crippen molar-refractivity contribution in [1.29, 1.82) is 0 Å². The predicted molar refractivity (Wildman–Crippen MR) is 99.9 cm³/mol. The highest BCUT2D eigenvalue weighted by atomic mass is 16.2. The van der Waals surface area contributed by atoms with Crippen molar-refractivity contribution in [3.8, 4) is 0 Å². The van der Waals surface area contributed by atoms with Crippen molar-refractivity contribution in [2.24, 2.45) is 5.92 Å². The minimum atomic E-state index is 0.0336. The Morgan fingerprint density at radius 2 is 1.68 bits per heavy atom. The number of carbonyl (C=O) groups is 2. The Balaban J connectivity index is 1.49. The molecule has 134 valence electrons. The summed E-state index contributed by atoms with van der Waals surface area (Å²) in [7, 11) is 0. The molecule has 0 atom stereocenters.